The van der Waals surface area contributed by atoms with E-state index in [0.717, 1.165) is 4.70 Å². The van der Waals surface area contributed by atoms with Gasteiger partial charge in [0, 0.05) is 6.20 Å². The van der Waals surface area contributed by atoms with E-state index in [9.17, 15) is 14.7 Å². The Bertz CT molecular complexity index is 1790. The molecule has 3 aromatic heterocycles. The number of hydrogen-bond acceptors (Lipinski definition) is 8. The van der Waals surface area contributed by atoms with Crippen molar-refractivity contribution in [2.24, 2.45) is 0 Å². The molecule has 0 spiro atoms. The number of aryl methyl sites for hydroxylation is 1. The Kier molecular flexibility index (Phi) is 6.03. The number of benzene rings is 2. The number of methoxy groups -OCH3 is 1. The zero-order valence-corrected chi connectivity index (χ0v) is 22.2. The lowest BCUT2D eigenvalue weighted by atomic mass is 9.96. The number of Topliss-reactive ketones (excluding diaryl/α,β-unsaturated/α-hetero) is 1. The van der Waals surface area contributed by atoms with Crippen molar-refractivity contribution >= 4 is 49.8 Å². The van der Waals surface area contributed by atoms with E-state index in [1.165, 1.54) is 16.2 Å². The minimum Gasteiger partial charge on any atom is -0.505 e. The summed E-state index contributed by atoms with van der Waals surface area (Å²) in [5.41, 5.74) is 2.76. The van der Waals surface area contributed by atoms with Crippen molar-refractivity contribution in [1.29, 1.82) is 0 Å². The van der Waals surface area contributed by atoms with E-state index in [2.05, 4.69) is 9.97 Å². The number of aliphatic hydroxyl groups excluding tert-OH is 1. The number of aromatic nitrogens is 3. The number of aliphatic hydroxyl groups is 1. The summed E-state index contributed by atoms with van der Waals surface area (Å²) in [5.74, 6) is -0.552. The van der Waals surface area contributed by atoms with Crippen LogP contribution in [0.1, 0.15) is 29.9 Å². The molecule has 4 heterocycles. The highest BCUT2D eigenvalue weighted by Crippen LogP contribution is 2.45. The molecule has 1 saturated heterocycles. The molecule has 1 unspecified atom stereocenters. The van der Waals surface area contributed by atoms with Crippen molar-refractivity contribution in [3.8, 4) is 11.5 Å². The Morgan fingerprint density at radius 2 is 1.82 bits per heavy atom. The summed E-state index contributed by atoms with van der Waals surface area (Å²) in [6.07, 6.45) is 1.76. The number of anilines is 1. The van der Waals surface area contributed by atoms with Gasteiger partial charge in [-0.2, -0.15) is 0 Å². The number of rotatable bonds is 6. The predicted molar refractivity (Wildman–Crippen MR) is 148 cm³/mol. The first kappa shape index (κ1) is 24.6. The topological polar surface area (TPSA) is 106 Å². The van der Waals surface area contributed by atoms with Gasteiger partial charge in [0.15, 0.2) is 10.9 Å². The Morgan fingerprint density at radius 1 is 1.05 bits per heavy atom. The van der Waals surface area contributed by atoms with E-state index in [4.69, 9.17) is 9.47 Å². The monoisotopic (exact) mass is 540 g/mol. The van der Waals surface area contributed by atoms with Crippen molar-refractivity contribution in [3.63, 3.8) is 0 Å². The normalized spacial score (nSPS) is 16.9. The molecule has 5 aromatic rings. The first-order valence-electron chi connectivity index (χ1n) is 12.3. The second kappa shape index (κ2) is 9.55. The number of carbonyl (C=O) groups is 2. The molecule has 2 aromatic carbocycles. The van der Waals surface area contributed by atoms with Crippen LogP contribution in [0, 0.1) is 6.92 Å². The van der Waals surface area contributed by atoms with Gasteiger partial charge < -0.3 is 14.6 Å². The maximum absolute atomic E-state index is 13.6. The molecule has 1 N–H and O–H groups in total. The van der Waals surface area contributed by atoms with Crippen LogP contribution in [0.5, 0.6) is 11.5 Å². The van der Waals surface area contributed by atoms with E-state index in [1.807, 2.05) is 31.2 Å². The lowest BCUT2D eigenvalue weighted by Gasteiger charge is -2.23. The molecule has 6 rings (SSSR count). The van der Waals surface area contributed by atoms with E-state index in [1.54, 1.807) is 61.0 Å². The minimum atomic E-state index is -0.920. The molecule has 1 aliphatic heterocycles. The number of imidazole rings is 1. The van der Waals surface area contributed by atoms with Gasteiger partial charge in [0.25, 0.3) is 5.78 Å². The highest BCUT2D eigenvalue weighted by atomic mass is 32.1. The van der Waals surface area contributed by atoms with Crippen LogP contribution in [-0.4, -0.2) is 44.9 Å². The minimum absolute atomic E-state index is 0.0326. The second-order valence-corrected chi connectivity index (χ2v) is 9.98. The number of hydrogen-bond donors (Lipinski definition) is 1. The molecule has 0 radical (unpaired) electrons. The molecule has 1 fully saturated rings. The zero-order valence-electron chi connectivity index (χ0n) is 21.4. The second-order valence-electron chi connectivity index (χ2n) is 8.98. The summed E-state index contributed by atoms with van der Waals surface area (Å²) in [7, 11) is 1.58. The maximum Gasteiger partial charge on any atom is 0.301 e. The lowest BCUT2D eigenvalue weighted by Crippen LogP contribution is -2.29. The van der Waals surface area contributed by atoms with Crippen LogP contribution in [0.3, 0.4) is 0 Å². The zero-order chi connectivity index (χ0) is 27.3. The summed E-state index contributed by atoms with van der Waals surface area (Å²) < 4.78 is 13.4. The van der Waals surface area contributed by atoms with Gasteiger partial charge in [-0.3, -0.25) is 18.9 Å². The molecular weight excluding hydrogens is 516 g/mol. The van der Waals surface area contributed by atoms with Crippen molar-refractivity contribution in [3.05, 3.63) is 89.4 Å². The van der Waals surface area contributed by atoms with E-state index in [0.29, 0.717) is 51.4 Å². The summed E-state index contributed by atoms with van der Waals surface area (Å²) in [4.78, 5) is 37.8. The summed E-state index contributed by atoms with van der Waals surface area (Å²) in [6, 6.07) is 17.1. The lowest BCUT2D eigenvalue weighted by molar-refractivity contribution is -0.132. The molecule has 196 valence electrons. The number of amides is 1. The average Bonchev–Trinajstić information content (AvgIpc) is 3.59. The number of pyridine rings is 1. The Hall–Kier alpha value is -4.70. The van der Waals surface area contributed by atoms with Gasteiger partial charge in [-0.1, -0.05) is 29.5 Å². The van der Waals surface area contributed by atoms with E-state index in [-0.39, 0.29) is 11.3 Å². The number of fused-ring (bicyclic) bond motifs is 2. The van der Waals surface area contributed by atoms with Crippen LogP contribution in [0.4, 0.5) is 5.13 Å². The summed E-state index contributed by atoms with van der Waals surface area (Å²) in [5, 5.41) is 12.0. The van der Waals surface area contributed by atoms with Crippen molar-refractivity contribution in [2.75, 3.05) is 18.6 Å². The van der Waals surface area contributed by atoms with Gasteiger partial charge in [0.2, 0.25) is 0 Å². The van der Waals surface area contributed by atoms with Gasteiger partial charge in [-0.05, 0) is 61.9 Å². The van der Waals surface area contributed by atoms with Crippen LogP contribution < -0.4 is 14.4 Å². The molecule has 1 atom stereocenters. The Labute approximate surface area is 227 Å². The van der Waals surface area contributed by atoms with Crippen LogP contribution in [-0.2, 0) is 9.59 Å². The van der Waals surface area contributed by atoms with Gasteiger partial charge >= 0.3 is 5.91 Å². The van der Waals surface area contributed by atoms with Crippen LogP contribution >= 0.6 is 11.3 Å². The molecule has 10 heteroatoms. The SMILES string of the molecule is CCOc1ccc(C2C(=C(O)c3c(C)nc4ccccn34)C(=O)C(=O)N2c2nc3ccc(OC)cc3s2)cc1. The maximum atomic E-state index is 13.6. The highest BCUT2D eigenvalue weighted by Gasteiger charge is 2.48. The molecule has 39 heavy (non-hydrogen) atoms. The Morgan fingerprint density at radius 3 is 2.56 bits per heavy atom. The largest absolute Gasteiger partial charge is 0.505 e. The molecule has 1 aliphatic rings. The fraction of sp³-hybridized carbons (Fsp3) is 0.172. The fourth-order valence-electron chi connectivity index (χ4n) is 4.91. The first-order valence-corrected chi connectivity index (χ1v) is 13.1. The van der Waals surface area contributed by atoms with E-state index < -0.39 is 17.7 Å². The number of nitrogens with zero attached hydrogens (tertiary/aromatic N) is 4. The first-order chi connectivity index (χ1) is 18.9. The quantitative estimate of drug-likeness (QED) is 0.177. The Balaban J connectivity index is 1.57. The standard InChI is InChI=1S/C29H24N4O5S/c1-4-38-18-10-8-17(9-11-18)25-23(26(34)24-16(2)30-22-7-5-6-14-32(22)24)27(35)28(36)33(25)29-31-20-13-12-19(37-3)15-21(20)39-29/h5-15,25,34H,4H2,1-3H3. The number of carbonyl (C=O) groups excluding carboxylic acids is 2. The van der Waals surface area contributed by atoms with Gasteiger partial charge in [0.1, 0.15) is 22.8 Å². The smallest absolute Gasteiger partial charge is 0.301 e. The van der Waals surface area contributed by atoms with Crippen LogP contribution in [0.2, 0.25) is 0 Å². The average molecular weight is 541 g/mol. The van der Waals surface area contributed by atoms with Gasteiger partial charge in [-0.15, -0.1) is 0 Å². The molecule has 0 bridgehead atoms. The highest BCUT2D eigenvalue weighted by molar-refractivity contribution is 7.22. The molecule has 0 saturated carbocycles. The number of ether oxygens (including phenoxy) is 2. The van der Waals surface area contributed by atoms with Crippen molar-refractivity contribution < 1.29 is 24.2 Å². The fourth-order valence-corrected chi connectivity index (χ4v) is 5.93. The molecular formula is C29H24N4O5S. The third kappa shape index (κ3) is 4.00. The summed E-state index contributed by atoms with van der Waals surface area (Å²) >= 11 is 1.27. The summed E-state index contributed by atoms with van der Waals surface area (Å²) in [6.45, 7) is 4.15. The molecule has 9 nitrogen and oxygen atoms in total. The van der Waals surface area contributed by atoms with Crippen LogP contribution in [0.25, 0.3) is 21.6 Å². The van der Waals surface area contributed by atoms with Crippen molar-refractivity contribution in [1.82, 2.24) is 14.4 Å². The third-order valence-corrected chi connectivity index (χ3v) is 7.69. The van der Waals surface area contributed by atoms with Gasteiger partial charge in [0.05, 0.1) is 41.2 Å². The van der Waals surface area contributed by atoms with Crippen molar-refractivity contribution in [2.45, 2.75) is 19.9 Å². The predicted octanol–water partition coefficient (Wildman–Crippen LogP) is 5.29. The number of thiazole rings is 1. The van der Waals surface area contributed by atoms with E-state index >= 15 is 0 Å². The third-order valence-electron chi connectivity index (χ3n) is 6.67. The van der Waals surface area contributed by atoms with Gasteiger partial charge in [-0.25, -0.2) is 9.97 Å². The molecule has 0 aliphatic carbocycles. The number of ketones is 1. The molecule has 1 amide bonds. The van der Waals surface area contributed by atoms with Crippen LogP contribution in [0.15, 0.2) is 72.4 Å².